The van der Waals surface area contributed by atoms with Gasteiger partial charge in [0.25, 0.3) is 5.91 Å². The summed E-state index contributed by atoms with van der Waals surface area (Å²) in [4.78, 5) is 23.3. The van der Waals surface area contributed by atoms with Crippen LogP contribution in [0.4, 0.5) is 5.69 Å². The molecule has 0 aliphatic heterocycles. The third-order valence-electron chi connectivity index (χ3n) is 2.68. The number of nitrogens with two attached hydrogens (primary N) is 1. The van der Waals surface area contributed by atoms with E-state index in [1.165, 1.54) is 11.3 Å². The topological polar surface area (TPSA) is 72.2 Å². The number of rotatable bonds is 3. The van der Waals surface area contributed by atoms with Crippen LogP contribution in [0.25, 0.3) is 0 Å². The number of carbonyl (C=O) groups is 2. The van der Waals surface area contributed by atoms with Crippen molar-refractivity contribution in [3.05, 3.63) is 50.1 Å². The Bertz CT molecular complexity index is 652. The molecule has 2 amide bonds. The van der Waals surface area contributed by atoms with Gasteiger partial charge >= 0.3 is 0 Å². The first-order valence-corrected chi connectivity index (χ1v) is 7.11. The molecule has 0 saturated heterocycles. The summed E-state index contributed by atoms with van der Waals surface area (Å²) in [6, 6.07) is 6.80. The van der Waals surface area contributed by atoms with Gasteiger partial charge < -0.3 is 11.1 Å². The first-order chi connectivity index (χ1) is 8.99. The summed E-state index contributed by atoms with van der Waals surface area (Å²) in [6.07, 6.45) is 0. The Hall–Kier alpha value is -1.66. The second-order valence-electron chi connectivity index (χ2n) is 3.94. The van der Waals surface area contributed by atoms with Crippen molar-refractivity contribution in [2.24, 2.45) is 5.73 Å². The van der Waals surface area contributed by atoms with Gasteiger partial charge in [0.05, 0.1) is 9.35 Å². The van der Waals surface area contributed by atoms with Crippen molar-refractivity contribution in [3.63, 3.8) is 0 Å². The molecule has 0 spiro atoms. The van der Waals surface area contributed by atoms with Crippen molar-refractivity contribution in [3.8, 4) is 0 Å². The monoisotopic (exact) mass is 338 g/mol. The van der Waals surface area contributed by atoms with Crippen LogP contribution < -0.4 is 11.1 Å². The second kappa shape index (κ2) is 5.54. The lowest BCUT2D eigenvalue weighted by Crippen LogP contribution is -2.16. The highest BCUT2D eigenvalue weighted by molar-refractivity contribution is 9.11. The van der Waals surface area contributed by atoms with E-state index in [4.69, 9.17) is 5.73 Å². The van der Waals surface area contributed by atoms with E-state index in [0.717, 1.165) is 3.79 Å². The minimum Gasteiger partial charge on any atom is -0.366 e. The fourth-order valence-corrected chi connectivity index (χ4v) is 2.80. The average molecular weight is 339 g/mol. The Morgan fingerprint density at radius 3 is 2.68 bits per heavy atom. The molecule has 0 aliphatic carbocycles. The molecule has 2 aromatic rings. The lowest BCUT2D eigenvalue weighted by Gasteiger charge is -2.10. The maximum absolute atomic E-state index is 12.0. The predicted molar refractivity (Wildman–Crippen MR) is 79.7 cm³/mol. The Balaban J connectivity index is 2.27. The lowest BCUT2D eigenvalue weighted by molar-refractivity contribution is 0.0995. The van der Waals surface area contributed by atoms with Crippen LogP contribution in [-0.2, 0) is 0 Å². The molecule has 1 aromatic carbocycles. The third-order valence-corrected chi connectivity index (χ3v) is 4.18. The molecule has 2 rings (SSSR count). The third kappa shape index (κ3) is 3.02. The van der Waals surface area contributed by atoms with Gasteiger partial charge in [0.15, 0.2) is 0 Å². The van der Waals surface area contributed by atoms with Crippen LogP contribution in [-0.4, -0.2) is 11.8 Å². The summed E-state index contributed by atoms with van der Waals surface area (Å²) < 4.78 is 0.889. The zero-order valence-electron chi connectivity index (χ0n) is 10.1. The fourth-order valence-electron chi connectivity index (χ4n) is 1.66. The van der Waals surface area contributed by atoms with Crippen molar-refractivity contribution in [2.75, 3.05) is 5.32 Å². The molecule has 0 bridgehead atoms. The molecule has 0 atom stereocenters. The van der Waals surface area contributed by atoms with Gasteiger partial charge in [0.1, 0.15) is 0 Å². The first-order valence-electron chi connectivity index (χ1n) is 5.44. The van der Waals surface area contributed by atoms with E-state index in [-0.39, 0.29) is 5.91 Å². The summed E-state index contributed by atoms with van der Waals surface area (Å²) in [6.45, 7) is 1.75. The highest BCUT2D eigenvalue weighted by Crippen LogP contribution is 2.23. The van der Waals surface area contributed by atoms with E-state index < -0.39 is 5.91 Å². The number of nitrogens with one attached hydrogen (secondary N) is 1. The van der Waals surface area contributed by atoms with Crippen LogP contribution in [0.3, 0.4) is 0 Å². The molecule has 0 radical (unpaired) electrons. The second-order valence-corrected chi connectivity index (χ2v) is 6.23. The van der Waals surface area contributed by atoms with E-state index in [0.29, 0.717) is 22.4 Å². The summed E-state index contributed by atoms with van der Waals surface area (Å²) in [5.41, 5.74) is 7.50. The Morgan fingerprint density at radius 2 is 2.11 bits per heavy atom. The maximum atomic E-state index is 12.0. The fraction of sp³-hybridized carbons (Fsp3) is 0.0769. The zero-order chi connectivity index (χ0) is 14.0. The van der Waals surface area contributed by atoms with E-state index in [2.05, 4.69) is 21.2 Å². The predicted octanol–water partition coefficient (Wildman–Crippen LogP) is 3.17. The molecule has 19 heavy (non-hydrogen) atoms. The zero-order valence-corrected chi connectivity index (χ0v) is 12.5. The Morgan fingerprint density at radius 1 is 1.37 bits per heavy atom. The average Bonchev–Trinajstić information content (AvgIpc) is 2.78. The van der Waals surface area contributed by atoms with Crippen LogP contribution >= 0.6 is 27.3 Å². The van der Waals surface area contributed by atoms with Crippen LogP contribution in [0.1, 0.15) is 26.3 Å². The quantitative estimate of drug-likeness (QED) is 0.902. The molecular formula is C13H11BrN2O2S. The van der Waals surface area contributed by atoms with Crippen molar-refractivity contribution in [2.45, 2.75) is 6.92 Å². The molecule has 0 unspecified atom stereocenters. The number of hydrogen-bond acceptors (Lipinski definition) is 3. The SMILES string of the molecule is Cc1c(NC(=O)c2csc(Br)c2)cccc1C(N)=O. The van der Waals surface area contributed by atoms with Gasteiger partial charge in [0, 0.05) is 16.6 Å². The number of benzene rings is 1. The molecule has 0 saturated carbocycles. The van der Waals surface area contributed by atoms with Crippen molar-refractivity contribution >= 4 is 44.8 Å². The highest BCUT2D eigenvalue weighted by Gasteiger charge is 2.12. The molecule has 4 nitrogen and oxygen atoms in total. The van der Waals surface area contributed by atoms with Gasteiger partial charge in [-0.05, 0) is 46.6 Å². The molecule has 98 valence electrons. The minimum atomic E-state index is -0.508. The molecule has 0 fully saturated rings. The van der Waals surface area contributed by atoms with Gasteiger partial charge in [-0.2, -0.15) is 0 Å². The van der Waals surface area contributed by atoms with Crippen molar-refractivity contribution in [1.29, 1.82) is 0 Å². The number of thiophene rings is 1. The standard InChI is InChI=1S/C13H11BrN2O2S/c1-7-9(12(15)17)3-2-4-10(7)16-13(18)8-5-11(14)19-6-8/h2-6H,1H3,(H2,15,17)(H,16,18). The van der Waals surface area contributed by atoms with Gasteiger partial charge in [-0.25, -0.2) is 0 Å². The summed E-state index contributed by atoms with van der Waals surface area (Å²) in [5, 5.41) is 4.53. The maximum Gasteiger partial charge on any atom is 0.256 e. The van der Waals surface area contributed by atoms with Gasteiger partial charge in [0.2, 0.25) is 5.91 Å². The van der Waals surface area contributed by atoms with Crippen LogP contribution in [0.5, 0.6) is 0 Å². The molecule has 6 heteroatoms. The minimum absolute atomic E-state index is 0.216. The number of halogens is 1. The van der Waals surface area contributed by atoms with Crippen LogP contribution in [0.15, 0.2) is 33.4 Å². The lowest BCUT2D eigenvalue weighted by atomic mass is 10.1. The van der Waals surface area contributed by atoms with E-state index >= 15 is 0 Å². The van der Waals surface area contributed by atoms with E-state index in [1.807, 2.05) is 0 Å². The molecule has 0 aliphatic rings. The summed E-state index contributed by atoms with van der Waals surface area (Å²) in [7, 11) is 0. The first kappa shape index (κ1) is 13.8. The van der Waals surface area contributed by atoms with Crippen molar-refractivity contribution < 1.29 is 9.59 Å². The van der Waals surface area contributed by atoms with E-state index in [9.17, 15) is 9.59 Å². The normalized spacial score (nSPS) is 10.2. The highest BCUT2D eigenvalue weighted by atomic mass is 79.9. The number of amides is 2. The van der Waals surface area contributed by atoms with Crippen LogP contribution in [0.2, 0.25) is 0 Å². The van der Waals surface area contributed by atoms with Crippen molar-refractivity contribution in [1.82, 2.24) is 0 Å². The number of primary amides is 1. The Kier molecular flexibility index (Phi) is 4.01. The van der Waals surface area contributed by atoms with Gasteiger partial charge in [-0.1, -0.05) is 6.07 Å². The smallest absolute Gasteiger partial charge is 0.256 e. The number of anilines is 1. The Labute approximate surface area is 122 Å². The molecular weight excluding hydrogens is 328 g/mol. The largest absolute Gasteiger partial charge is 0.366 e. The molecule has 3 N–H and O–H groups in total. The van der Waals surface area contributed by atoms with Gasteiger partial charge in [-0.15, -0.1) is 11.3 Å². The summed E-state index contributed by atoms with van der Waals surface area (Å²) in [5.74, 6) is -0.724. The summed E-state index contributed by atoms with van der Waals surface area (Å²) >= 11 is 4.75. The number of hydrogen-bond donors (Lipinski definition) is 2. The van der Waals surface area contributed by atoms with Gasteiger partial charge in [-0.3, -0.25) is 9.59 Å². The van der Waals surface area contributed by atoms with E-state index in [1.54, 1.807) is 36.6 Å². The molecule has 1 aromatic heterocycles. The molecule has 1 heterocycles. The van der Waals surface area contributed by atoms with Crippen LogP contribution in [0, 0.1) is 6.92 Å². The number of carbonyl (C=O) groups excluding carboxylic acids is 2.